The van der Waals surface area contributed by atoms with E-state index in [1.165, 1.54) is 25.8 Å². The van der Waals surface area contributed by atoms with Gasteiger partial charge in [0.15, 0.2) is 11.6 Å². The minimum atomic E-state index is -1.32. The van der Waals surface area contributed by atoms with Crippen molar-refractivity contribution in [2.24, 2.45) is 11.8 Å². The molecular weight excluding hydrogens is 917 g/mol. The molecule has 6 saturated carbocycles. The number of hydrogen-bond donors (Lipinski definition) is 2. The molecule has 0 saturated heterocycles. The number of aromatic nitrogens is 6. The van der Waals surface area contributed by atoms with Gasteiger partial charge in [-0.25, -0.2) is 15.0 Å². The first-order valence-corrected chi connectivity index (χ1v) is 25.8. The van der Waals surface area contributed by atoms with Gasteiger partial charge in [0.2, 0.25) is 11.1 Å². The molecule has 4 bridgehead atoms. The molecule has 1 atom stereocenters. The molecule has 376 valence electrons. The van der Waals surface area contributed by atoms with Crippen LogP contribution in [0.4, 0.5) is 28.7 Å². The van der Waals surface area contributed by atoms with Crippen molar-refractivity contribution in [3.05, 3.63) is 104 Å². The number of benzene rings is 2. The van der Waals surface area contributed by atoms with Crippen molar-refractivity contribution >= 4 is 73.1 Å². The van der Waals surface area contributed by atoms with Gasteiger partial charge in [0.1, 0.15) is 11.3 Å². The Hall–Kier alpha value is -6.37. The van der Waals surface area contributed by atoms with Crippen molar-refractivity contribution in [2.75, 3.05) is 95.6 Å². The van der Waals surface area contributed by atoms with Gasteiger partial charge in [0.05, 0.1) is 33.0 Å². The first kappa shape index (κ1) is 51.0. The fourth-order valence-electron chi connectivity index (χ4n) is 10.5. The van der Waals surface area contributed by atoms with E-state index in [0.717, 1.165) is 87.2 Å². The minimum absolute atomic E-state index is 0.192. The highest BCUT2D eigenvalue weighted by Crippen LogP contribution is 2.63. The van der Waals surface area contributed by atoms with Crippen LogP contribution in [0.15, 0.2) is 75.7 Å². The number of nitrogens with one attached hydrogen (secondary N) is 1. The molecule has 17 nitrogen and oxygen atoms in total. The van der Waals surface area contributed by atoms with Crippen LogP contribution in [0.3, 0.4) is 0 Å². The van der Waals surface area contributed by atoms with Crippen LogP contribution in [0.25, 0.3) is 22.1 Å². The van der Waals surface area contributed by atoms with Crippen LogP contribution in [0.5, 0.6) is 0 Å². The number of carbonyl (C=O) groups is 2. The fraction of sp³-hybridized carbons (Fsp3) is 0.472. The van der Waals surface area contributed by atoms with Crippen molar-refractivity contribution in [1.82, 2.24) is 38.9 Å². The van der Waals surface area contributed by atoms with E-state index in [-0.39, 0.29) is 50.0 Å². The van der Waals surface area contributed by atoms with Crippen LogP contribution in [0.1, 0.15) is 84.2 Å². The van der Waals surface area contributed by atoms with Gasteiger partial charge in [-0.05, 0) is 166 Å². The average Bonchev–Trinajstić information content (AvgIpc) is 3.25. The number of ketones is 2. The van der Waals surface area contributed by atoms with Crippen LogP contribution in [-0.4, -0.2) is 129 Å². The second-order valence-corrected chi connectivity index (χ2v) is 22.1. The Kier molecular flexibility index (Phi) is 14.4. The molecule has 4 aromatic heterocycles. The Bertz CT molecular complexity index is 3130. The number of nitrogens with zero attached hydrogens (tertiary/aromatic N) is 10. The standard InChI is InChI=1S/C26H32N6O2.C16H17N3O3S.C11H19N3/c1-16-21-15-27-25(28-19-6-8-20(9-7-19)31(5)11-10-30(3)4)29-23(21)32(24(34)22(16)17(2)33)26-12-18(13-26)14-26;1-8-11-7-17-15(23(3)22)18-13(11)19(14(21)12(8)9(2)20)16-4-10(5-16)6-16;1-13(2)8-9-14(3)11-6-4-10(12)5-7-11/h6-9,15,18H,10-14H2,1-5H3,(H,27,28,29);7,10H,4-6H2,1-3H3;4-7H,8-9,12H2,1-3H3. The molecule has 0 aliphatic heterocycles. The van der Waals surface area contributed by atoms with Gasteiger partial charge in [-0.1, -0.05) is 0 Å². The van der Waals surface area contributed by atoms with Gasteiger partial charge in [-0.3, -0.25) is 32.5 Å². The molecule has 18 heteroatoms. The molecule has 0 spiro atoms. The van der Waals surface area contributed by atoms with Crippen LogP contribution >= 0.6 is 0 Å². The van der Waals surface area contributed by atoms with Gasteiger partial charge in [-0.2, -0.15) is 4.98 Å². The van der Waals surface area contributed by atoms with E-state index in [4.69, 9.17) is 10.7 Å². The fourth-order valence-corrected chi connectivity index (χ4v) is 11.0. The Morgan fingerprint density at radius 1 is 0.662 bits per heavy atom. The summed E-state index contributed by atoms with van der Waals surface area (Å²) in [6, 6.07) is 16.1. The van der Waals surface area contributed by atoms with E-state index in [1.54, 1.807) is 28.5 Å². The lowest BCUT2D eigenvalue weighted by Gasteiger charge is -2.62. The average molecular weight is 985 g/mol. The van der Waals surface area contributed by atoms with Crippen LogP contribution in [0.2, 0.25) is 0 Å². The van der Waals surface area contributed by atoms with Gasteiger partial charge < -0.3 is 30.7 Å². The summed E-state index contributed by atoms with van der Waals surface area (Å²) in [7, 11) is 11.2. The maximum atomic E-state index is 13.4. The lowest BCUT2D eigenvalue weighted by Crippen LogP contribution is -2.62. The molecule has 71 heavy (non-hydrogen) atoms. The zero-order chi connectivity index (χ0) is 51.3. The number of nitrogen functional groups attached to an aromatic ring is 1. The number of pyridine rings is 2. The van der Waals surface area contributed by atoms with Crippen molar-refractivity contribution in [1.29, 1.82) is 0 Å². The van der Waals surface area contributed by atoms with E-state index in [1.807, 2.05) is 43.3 Å². The van der Waals surface area contributed by atoms with Gasteiger partial charge in [-0.15, -0.1) is 0 Å². The topological polar surface area (TPSA) is 198 Å². The summed E-state index contributed by atoms with van der Waals surface area (Å²) in [4.78, 5) is 77.4. The van der Waals surface area contributed by atoms with Crippen molar-refractivity contribution in [2.45, 2.75) is 82.5 Å². The number of nitrogens with two attached hydrogens (primary N) is 1. The Morgan fingerprint density at radius 2 is 1.07 bits per heavy atom. The third kappa shape index (κ3) is 9.98. The van der Waals surface area contributed by atoms with E-state index < -0.39 is 10.8 Å². The predicted octanol–water partition coefficient (Wildman–Crippen LogP) is 6.37. The highest BCUT2D eigenvalue weighted by molar-refractivity contribution is 7.84. The number of hydrogen-bond acceptors (Lipinski definition) is 15. The number of anilines is 5. The summed E-state index contributed by atoms with van der Waals surface area (Å²) in [5, 5.41) is 4.95. The Balaban J connectivity index is 0.000000157. The summed E-state index contributed by atoms with van der Waals surface area (Å²) < 4.78 is 15.2. The number of likely N-dealkylation sites (N-methyl/N-ethyl adjacent to an activating group) is 4. The molecule has 12 rings (SSSR count). The van der Waals surface area contributed by atoms with E-state index in [0.29, 0.717) is 45.6 Å². The van der Waals surface area contributed by atoms with Crippen LogP contribution < -0.4 is 32.0 Å². The lowest BCUT2D eigenvalue weighted by molar-refractivity contribution is -0.0886. The van der Waals surface area contributed by atoms with Gasteiger partial charge >= 0.3 is 0 Å². The zero-order valence-electron chi connectivity index (χ0n) is 43.0. The SMILES string of the molecule is CC(=O)c1c(C)c2cnc(Nc3ccc(N(C)CCN(C)C)cc3)nc2n(C23CC(C2)C3)c1=O.CC(=O)c1c(C)c2cnc(S(C)=O)nc2n(C23CC(C2)C3)c1=O.CN(C)CCN(C)c1ccc(N)cc1. The predicted molar refractivity (Wildman–Crippen MR) is 284 cm³/mol. The number of carbonyl (C=O) groups excluding carboxylic acids is 2. The monoisotopic (exact) mass is 985 g/mol. The van der Waals surface area contributed by atoms with Crippen molar-refractivity contribution < 1.29 is 13.8 Å². The second kappa shape index (κ2) is 20.0. The summed E-state index contributed by atoms with van der Waals surface area (Å²) in [5.74, 6) is 1.37. The molecule has 4 heterocycles. The van der Waals surface area contributed by atoms with Crippen LogP contribution in [-0.2, 0) is 21.9 Å². The van der Waals surface area contributed by atoms with E-state index in [2.05, 4.69) is 94.3 Å². The summed E-state index contributed by atoms with van der Waals surface area (Å²) in [6.07, 6.45) is 10.7. The Labute approximate surface area is 417 Å². The number of aryl methyl sites for hydroxylation is 2. The highest BCUT2D eigenvalue weighted by atomic mass is 32.2. The molecule has 6 aromatic rings. The van der Waals surface area contributed by atoms with E-state index >= 15 is 0 Å². The number of fused-ring (bicyclic) bond motifs is 2. The normalized spacial score (nSPS) is 20.6. The molecule has 0 amide bonds. The molecule has 3 N–H and O–H groups in total. The number of rotatable bonds is 15. The molecule has 6 fully saturated rings. The van der Waals surface area contributed by atoms with Crippen LogP contribution in [0, 0.1) is 25.7 Å². The number of Topliss-reactive ketones (excluding diaryl/α,β-unsaturated/α-hetero) is 2. The third-order valence-electron chi connectivity index (χ3n) is 14.9. The molecule has 6 aliphatic rings. The molecule has 2 aromatic carbocycles. The minimum Gasteiger partial charge on any atom is -0.399 e. The van der Waals surface area contributed by atoms with Gasteiger partial charge in [0.25, 0.3) is 11.1 Å². The quantitative estimate of drug-likeness (QED) is 0.0654. The molecule has 1 unspecified atom stereocenters. The second-order valence-electron chi connectivity index (χ2n) is 20.8. The van der Waals surface area contributed by atoms with Gasteiger partial charge in [0, 0.05) is 92.4 Å². The molecular formula is C53H68N12O5S. The first-order chi connectivity index (χ1) is 33.6. The summed E-state index contributed by atoms with van der Waals surface area (Å²) >= 11 is 0. The summed E-state index contributed by atoms with van der Waals surface area (Å²) in [6.45, 7) is 10.4. The van der Waals surface area contributed by atoms with Crippen molar-refractivity contribution in [3.8, 4) is 0 Å². The molecule has 0 radical (unpaired) electrons. The lowest BCUT2D eigenvalue weighted by atomic mass is 9.49. The smallest absolute Gasteiger partial charge is 0.263 e. The largest absolute Gasteiger partial charge is 0.399 e. The van der Waals surface area contributed by atoms with E-state index in [9.17, 15) is 23.4 Å². The Morgan fingerprint density at radius 3 is 1.45 bits per heavy atom. The highest BCUT2D eigenvalue weighted by Gasteiger charge is 2.60. The summed E-state index contributed by atoms with van der Waals surface area (Å²) in [5.41, 5.74) is 11.6. The first-order valence-electron chi connectivity index (χ1n) is 24.3. The molecule has 6 aliphatic carbocycles. The van der Waals surface area contributed by atoms with Crippen molar-refractivity contribution in [3.63, 3.8) is 0 Å². The maximum Gasteiger partial charge on any atom is 0.263 e. The zero-order valence-corrected chi connectivity index (χ0v) is 43.8. The maximum absolute atomic E-state index is 13.4. The third-order valence-corrected chi connectivity index (χ3v) is 15.6.